The molecule has 0 saturated carbocycles. The lowest BCUT2D eigenvalue weighted by Crippen LogP contribution is -2.49. The standard InChI is InChI=1S/C22H25F3N4O3/c1-3-32-20(31)8-7-19(30)29-11-9-28(10-12-29)18-13-15(2)26-21(27-18)16-5-4-6-17(14-16)22(23,24)25/h4-6,13-14H,3,7-12H2,1-2H3. The van der Waals surface area contributed by atoms with Crippen LogP contribution < -0.4 is 4.90 Å². The van der Waals surface area contributed by atoms with Crippen LogP contribution in [0.3, 0.4) is 0 Å². The molecule has 1 aliphatic heterocycles. The van der Waals surface area contributed by atoms with Crippen molar-refractivity contribution in [1.29, 1.82) is 0 Å². The average Bonchev–Trinajstić information content (AvgIpc) is 2.77. The summed E-state index contributed by atoms with van der Waals surface area (Å²) in [5.41, 5.74) is 0.171. The third kappa shape index (κ3) is 5.95. The van der Waals surface area contributed by atoms with Crippen LogP contribution in [0.4, 0.5) is 19.0 Å². The number of alkyl halides is 3. The summed E-state index contributed by atoms with van der Waals surface area (Å²) >= 11 is 0. The number of rotatable bonds is 6. The van der Waals surface area contributed by atoms with Gasteiger partial charge in [0.25, 0.3) is 0 Å². The number of carbonyl (C=O) groups excluding carboxylic acids is 2. The molecule has 1 amide bonds. The van der Waals surface area contributed by atoms with Crippen LogP contribution >= 0.6 is 0 Å². The van der Waals surface area contributed by atoms with E-state index in [1.54, 1.807) is 30.9 Å². The molecule has 0 aliphatic carbocycles. The molecule has 32 heavy (non-hydrogen) atoms. The fraction of sp³-hybridized carbons (Fsp3) is 0.455. The highest BCUT2D eigenvalue weighted by atomic mass is 19.4. The summed E-state index contributed by atoms with van der Waals surface area (Å²) in [6.45, 7) is 5.72. The Bertz CT molecular complexity index is 973. The first-order valence-corrected chi connectivity index (χ1v) is 10.4. The number of amides is 1. The Morgan fingerprint density at radius 3 is 2.44 bits per heavy atom. The number of aryl methyl sites for hydroxylation is 1. The minimum Gasteiger partial charge on any atom is -0.466 e. The van der Waals surface area contributed by atoms with Crippen LogP contribution in [0.5, 0.6) is 0 Å². The first-order chi connectivity index (χ1) is 15.2. The topological polar surface area (TPSA) is 75.6 Å². The van der Waals surface area contributed by atoms with E-state index in [4.69, 9.17) is 4.74 Å². The van der Waals surface area contributed by atoms with Crippen LogP contribution in [0.1, 0.15) is 31.0 Å². The van der Waals surface area contributed by atoms with E-state index >= 15 is 0 Å². The Hall–Kier alpha value is -3.17. The summed E-state index contributed by atoms with van der Waals surface area (Å²) in [5.74, 6) is 0.321. The molecule has 172 valence electrons. The van der Waals surface area contributed by atoms with Gasteiger partial charge in [-0.15, -0.1) is 0 Å². The van der Waals surface area contributed by atoms with Crippen LogP contribution in [0, 0.1) is 6.92 Å². The highest BCUT2D eigenvalue weighted by molar-refractivity contribution is 5.81. The van der Waals surface area contributed by atoms with Crippen LogP contribution in [0.2, 0.25) is 0 Å². The van der Waals surface area contributed by atoms with Crippen LogP contribution in [0.25, 0.3) is 11.4 Å². The van der Waals surface area contributed by atoms with Gasteiger partial charge in [-0.1, -0.05) is 12.1 Å². The normalized spacial score (nSPS) is 14.4. The minimum absolute atomic E-state index is 0.0539. The second-order valence-corrected chi connectivity index (χ2v) is 7.44. The summed E-state index contributed by atoms with van der Waals surface area (Å²) in [5, 5.41) is 0. The van der Waals surface area contributed by atoms with Gasteiger partial charge in [-0.2, -0.15) is 13.2 Å². The van der Waals surface area contributed by atoms with Gasteiger partial charge < -0.3 is 14.5 Å². The molecule has 0 N–H and O–H groups in total. The van der Waals surface area contributed by atoms with E-state index in [2.05, 4.69) is 9.97 Å². The fourth-order valence-corrected chi connectivity index (χ4v) is 3.46. The van der Waals surface area contributed by atoms with Crippen molar-refractivity contribution < 1.29 is 27.5 Å². The SMILES string of the molecule is CCOC(=O)CCC(=O)N1CCN(c2cc(C)nc(-c3cccc(C(F)(F)F)c3)n2)CC1. The number of halogens is 3. The van der Waals surface area contributed by atoms with Crippen molar-refractivity contribution in [2.45, 2.75) is 32.9 Å². The summed E-state index contributed by atoms with van der Waals surface area (Å²) in [6.07, 6.45) is -4.29. The highest BCUT2D eigenvalue weighted by Crippen LogP contribution is 2.32. The lowest BCUT2D eigenvalue weighted by molar-refractivity contribution is -0.145. The maximum absolute atomic E-state index is 13.1. The monoisotopic (exact) mass is 450 g/mol. The maximum atomic E-state index is 13.1. The van der Waals surface area contributed by atoms with Crippen LogP contribution in [0.15, 0.2) is 30.3 Å². The van der Waals surface area contributed by atoms with Gasteiger partial charge in [-0.25, -0.2) is 9.97 Å². The van der Waals surface area contributed by atoms with E-state index in [1.165, 1.54) is 6.07 Å². The van der Waals surface area contributed by atoms with E-state index in [9.17, 15) is 22.8 Å². The molecule has 2 heterocycles. The number of nitrogens with zero attached hydrogens (tertiary/aromatic N) is 4. The Morgan fingerprint density at radius 2 is 1.78 bits per heavy atom. The average molecular weight is 450 g/mol. The molecule has 1 aliphatic rings. The van der Waals surface area contributed by atoms with Gasteiger partial charge in [0.2, 0.25) is 5.91 Å². The summed E-state index contributed by atoms with van der Waals surface area (Å²) < 4.78 is 44.0. The quantitative estimate of drug-likeness (QED) is 0.628. The number of aromatic nitrogens is 2. The van der Waals surface area contributed by atoms with E-state index in [1.807, 2.05) is 4.90 Å². The fourth-order valence-electron chi connectivity index (χ4n) is 3.46. The molecule has 0 bridgehead atoms. The number of esters is 1. The van der Waals surface area contributed by atoms with Gasteiger partial charge in [0.15, 0.2) is 5.82 Å². The van der Waals surface area contributed by atoms with Gasteiger partial charge >= 0.3 is 12.1 Å². The summed E-state index contributed by atoms with van der Waals surface area (Å²) in [6, 6.07) is 6.71. The first-order valence-electron chi connectivity index (χ1n) is 10.4. The third-order valence-corrected chi connectivity index (χ3v) is 5.09. The number of anilines is 1. The summed E-state index contributed by atoms with van der Waals surface area (Å²) in [4.78, 5) is 36.2. The van der Waals surface area contributed by atoms with E-state index < -0.39 is 17.7 Å². The second-order valence-electron chi connectivity index (χ2n) is 7.44. The van der Waals surface area contributed by atoms with E-state index in [-0.39, 0.29) is 36.7 Å². The van der Waals surface area contributed by atoms with E-state index in [0.29, 0.717) is 37.7 Å². The predicted octanol–water partition coefficient (Wildman–Crippen LogP) is 3.46. The third-order valence-electron chi connectivity index (χ3n) is 5.09. The van der Waals surface area contributed by atoms with Gasteiger partial charge in [0.05, 0.1) is 18.6 Å². The summed E-state index contributed by atoms with van der Waals surface area (Å²) in [7, 11) is 0. The van der Waals surface area contributed by atoms with Crippen molar-refractivity contribution in [3.05, 3.63) is 41.6 Å². The molecule has 0 spiro atoms. The van der Waals surface area contributed by atoms with Crippen molar-refractivity contribution in [2.24, 2.45) is 0 Å². The zero-order valence-electron chi connectivity index (χ0n) is 18.0. The smallest absolute Gasteiger partial charge is 0.416 e. The molecule has 0 unspecified atom stereocenters. The molecule has 1 aromatic carbocycles. The minimum atomic E-state index is -4.45. The van der Waals surface area contributed by atoms with Crippen molar-refractivity contribution in [3.8, 4) is 11.4 Å². The Kier molecular flexibility index (Phi) is 7.32. The molecule has 0 radical (unpaired) electrons. The molecule has 2 aromatic rings. The van der Waals surface area contributed by atoms with E-state index in [0.717, 1.165) is 12.1 Å². The predicted molar refractivity (Wildman–Crippen MR) is 112 cm³/mol. The molecule has 1 fully saturated rings. The van der Waals surface area contributed by atoms with Crippen molar-refractivity contribution in [3.63, 3.8) is 0 Å². The lowest BCUT2D eigenvalue weighted by Gasteiger charge is -2.35. The van der Waals surface area contributed by atoms with Gasteiger partial charge in [-0.05, 0) is 26.0 Å². The van der Waals surface area contributed by atoms with Crippen LogP contribution in [-0.4, -0.2) is 59.5 Å². The van der Waals surface area contributed by atoms with Crippen molar-refractivity contribution in [1.82, 2.24) is 14.9 Å². The van der Waals surface area contributed by atoms with Crippen molar-refractivity contribution in [2.75, 3.05) is 37.7 Å². The molecule has 7 nitrogen and oxygen atoms in total. The molecule has 1 aromatic heterocycles. The molecule has 0 atom stereocenters. The maximum Gasteiger partial charge on any atom is 0.416 e. The highest BCUT2D eigenvalue weighted by Gasteiger charge is 2.31. The lowest BCUT2D eigenvalue weighted by atomic mass is 10.1. The van der Waals surface area contributed by atoms with Gasteiger partial charge in [-0.3, -0.25) is 9.59 Å². The second kappa shape index (κ2) is 9.97. The molecular weight excluding hydrogens is 425 g/mol. The number of hydrogen-bond donors (Lipinski definition) is 0. The molecule has 3 rings (SSSR count). The van der Waals surface area contributed by atoms with Gasteiger partial charge in [0, 0.05) is 49.9 Å². The largest absolute Gasteiger partial charge is 0.466 e. The Labute approximate surface area is 184 Å². The Morgan fingerprint density at radius 1 is 1.06 bits per heavy atom. The number of carbonyl (C=O) groups is 2. The Balaban J connectivity index is 1.67. The zero-order valence-corrected chi connectivity index (χ0v) is 18.0. The number of benzene rings is 1. The van der Waals surface area contributed by atoms with Gasteiger partial charge in [0.1, 0.15) is 5.82 Å². The zero-order chi connectivity index (χ0) is 23.3. The number of piperazine rings is 1. The molecule has 1 saturated heterocycles. The number of hydrogen-bond acceptors (Lipinski definition) is 6. The van der Waals surface area contributed by atoms with Crippen LogP contribution in [-0.2, 0) is 20.5 Å². The van der Waals surface area contributed by atoms with Crippen molar-refractivity contribution >= 4 is 17.7 Å². The number of ether oxygens (including phenoxy) is 1. The molecule has 10 heteroatoms. The molecular formula is C22H25F3N4O3. The first kappa shape index (κ1) is 23.5.